The Morgan fingerprint density at radius 1 is 0.881 bits per heavy atom. The molecule has 0 fully saturated rings. The smallest absolute Gasteiger partial charge is 0.272 e. The van der Waals surface area contributed by atoms with Crippen molar-refractivity contribution in [3.05, 3.63) is 128 Å². The van der Waals surface area contributed by atoms with E-state index < -0.39 is 17.1 Å². The first kappa shape index (κ1) is 31.4. The molecule has 0 aliphatic rings. The summed E-state index contributed by atoms with van der Waals surface area (Å²) in [7, 11) is 0. The lowest BCUT2D eigenvalue weighted by molar-refractivity contribution is -0.116. The lowest BCUT2D eigenvalue weighted by atomic mass is 10.1. The zero-order valence-electron chi connectivity index (χ0n) is 22.4. The highest BCUT2D eigenvalue weighted by Crippen LogP contribution is 2.32. The Bertz CT molecular complexity index is 1630. The number of thioether (sulfide) groups is 1. The van der Waals surface area contributed by atoms with Crippen LogP contribution in [0.2, 0.25) is 10.0 Å². The van der Waals surface area contributed by atoms with E-state index in [-0.39, 0.29) is 16.6 Å². The molecular weight excluding hydrogens is 657 g/mol. The molecule has 0 aromatic heterocycles. The summed E-state index contributed by atoms with van der Waals surface area (Å²) in [5.41, 5.74) is 2.17. The van der Waals surface area contributed by atoms with Gasteiger partial charge >= 0.3 is 0 Å². The summed E-state index contributed by atoms with van der Waals surface area (Å²) in [4.78, 5) is 40.1. The normalized spacial score (nSPS) is 11.9. The van der Waals surface area contributed by atoms with Gasteiger partial charge in [0.25, 0.3) is 11.8 Å². The van der Waals surface area contributed by atoms with Crippen LogP contribution in [0.5, 0.6) is 0 Å². The van der Waals surface area contributed by atoms with Crippen molar-refractivity contribution in [1.29, 1.82) is 0 Å². The maximum Gasteiger partial charge on any atom is 0.272 e. The highest BCUT2D eigenvalue weighted by molar-refractivity contribution is 9.10. The molecule has 214 valence electrons. The van der Waals surface area contributed by atoms with Gasteiger partial charge in [0, 0.05) is 20.6 Å². The van der Waals surface area contributed by atoms with Crippen molar-refractivity contribution in [1.82, 2.24) is 5.32 Å². The second kappa shape index (κ2) is 15.1. The van der Waals surface area contributed by atoms with Gasteiger partial charge in [-0.2, -0.15) is 0 Å². The van der Waals surface area contributed by atoms with Crippen LogP contribution in [0.4, 0.5) is 11.4 Å². The molecule has 4 aromatic rings. The molecule has 3 N–H and O–H groups in total. The maximum absolute atomic E-state index is 13.4. The minimum atomic E-state index is -0.498. The van der Waals surface area contributed by atoms with Crippen molar-refractivity contribution in [3.8, 4) is 0 Å². The van der Waals surface area contributed by atoms with Crippen LogP contribution in [0.3, 0.4) is 0 Å². The number of hydrogen-bond acceptors (Lipinski definition) is 4. The number of benzene rings is 4. The molecule has 3 amide bonds. The van der Waals surface area contributed by atoms with E-state index in [9.17, 15) is 14.4 Å². The predicted octanol–water partition coefficient (Wildman–Crippen LogP) is 8.67. The van der Waals surface area contributed by atoms with Gasteiger partial charge in [0.2, 0.25) is 5.91 Å². The summed E-state index contributed by atoms with van der Waals surface area (Å²) in [5.74, 6) is -1.13. The molecule has 0 aliphatic heterocycles. The van der Waals surface area contributed by atoms with Crippen LogP contribution in [0.15, 0.2) is 112 Å². The Labute approximate surface area is 267 Å². The molecule has 1 atom stereocenters. The fourth-order valence-electron chi connectivity index (χ4n) is 3.85. The van der Waals surface area contributed by atoms with E-state index in [1.807, 2.05) is 43.3 Å². The minimum absolute atomic E-state index is 0.0734. The first-order valence-corrected chi connectivity index (χ1v) is 15.3. The third-order valence-electron chi connectivity index (χ3n) is 5.93. The number of anilines is 2. The number of halogens is 3. The highest BCUT2D eigenvalue weighted by Gasteiger charge is 2.20. The molecule has 0 spiro atoms. The summed E-state index contributed by atoms with van der Waals surface area (Å²) in [6.07, 6.45) is 2.16. The first-order valence-electron chi connectivity index (χ1n) is 12.9. The van der Waals surface area contributed by atoms with E-state index in [0.29, 0.717) is 28.4 Å². The highest BCUT2D eigenvalue weighted by atomic mass is 79.9. The van der Waals surface area contributed by atoms with E-state index in [1.165, 1.54) is 11.8 Å². The van der Waals surface area contributed by atoms with Crippen molar-refractivity contribution in [2.45, 2.75) is 23.5 Å². The fraction of sp³-hybridized carbons (Fsp3) is 0.0938. The van der Waals surface area contributed by atoms with Gasteiger partial charge in [0.15, 0.2) is 0 Å². The van der Waals surface area contributed by atoms with E-state index in [1.54, 1.807) is 66.7 Å². The lowest BCUT2D eigenvalue weighted by Gasteiger charge is -2.16. The molecule has 10 heteroatoms. The summed E-state index contributed by atoms with van der Waals surface area (Å²) in [6, 6.07) is 28.3. The second-order valence-corrected chi connectivity index (χ2v) is 12.0. The standard InChI is InChI=1S/C32H26BrCl2N3O3S/c1-2-28(32(41)37-26-16-8-15-25(34)29(26)35)42-24-14-7-13-23(19-24)36-31(40)27(18-20-9-6-12-22(33)17-20)38-30(39)21-10-4-3-5-11-21/h3-19,28H,2H2,1H3,(H,36,40)(H,37,41)(H,38,39)/b27-18+. The molecule has 0 heterocycles. The Morgan fingerprint density at radius 2 is 1.62 bits per heavy atom. The van der Waals surface area contributed by atoms with Crippen LogP contribution in [-0.2, 0) is 9.59 Å². The van der Waals surface area contributed by atoms with Crippen molar-refractivity contribution < 1.29 is 14.4 Å². The van der Waals surface area contributed by atoms with Crippen LogP contribution in [0.25, 0.3) is 6.08 Å². The summed E-state index contributed by atoms with van der Waals surface area (Å²) < 4.78 is 0.835. The molecule has 6 nitrogen and oxygen atoms in total. The molecule has 42 heavy (non-hydrogen) atoms. The van der Waals surface area contributed by atoms with Crippen LogP contribution in [-0.4, -0.2) is 23.0 Å². The number of nitrogens with one attached hydrogen (secondary N) is 3. The number of carbonyl (C=O) groups is 3. The van der Waals surface area contributed by atoms with Crippen LogP contribution in [0, 0.1) is 0 Å². The maximum atomic E-state index is 13.4. The van der Waals surface area contributed by atoms with Gasteiger partial charge < -0.3 is 16.0 Å². The van der Waals surface area contributed by atoms with Crippen LogP contribution in [0.1, 0.15) is 29.3 Å². The SMILES string of the molecule is CCC(Sc1cccc(NC(=O)/C(=C\c2cccc(Br)c2)NC(=O)c2ccccc2)c1)C(=O)Nc1cccc(Cl)c1Cl. The third kappa shape index (κ3) is 8.72. The zero-order valence-corrected chi connectivity index (χ0v) is 26.3. The van der Waals surface area contributed by atoms with Crippen LogP contribution >= 0.6 is 50.9 Å². The molecule has 4 aromatic carbocycles. The number of carbonyl (C=O) groups excluding carboxylic acids is 3. The number of amides is 3. The average molecular weight is 683 g/mol. The molecule has 1 unspecified atom stereocenters. The van der Waals surface area contributed by atoms with Gasteiger partial charge in [-0.05, 0) is 72.7 Å². The molecule has 4 rings (SSSR count). The van der Waals surface area contributed by atoms with E-state index >= 15 is 0 Å². The molecule has 0 aliphatic carbocycles. The molecule has 0 radical (unpaired) electrons. The first-order chi connectivity index (χ1) is 20.2. The van der Waals surface area contributed by atoms with Crippen molar-refractivity contribution in [3.63, 3.8) is 0 Å². The predicted molar refractivity (Wildman–Crippen MR) is 176 cm³/mol. The van der Waals surface area contributed by atoms with E-state index in [0.717, 1.165) is 14.9 Å². The van der Waals surface area contributed by atoms with Gasteiger partial charge in [-0.3, -0.25) is 14.4 Å². The largest absolute Gasteiger partial charge is 0.324 e. The Morgan fingerprint density at radius 3 is 2.36 bits per heavy atom. The van der Waals surface area contributed by atoms with Gasteiger partial charge in [0.1, 0.15) is 5.70 Å². The van der Waals surface area contributed by atoms with Crippen molar-refractivity contribution in [2.75, 3.05) is 10.6 Å². The third-order valence-corrected chi connectivity index (χ3v) is 8.60. The monoisotopic (exact) mass is 681 g/mol. The van der Waals surface area contributed by atoms with Gasteiger partial charge in [0.05, 0.1) is 21.0 Å². The summed E-state index contributed by atoms with van der Waals surface area (Å²) in [5, 5.41) is 8.66. The zero-order chi connectivity index (χ0) is 30.1. The van der Waals surface area contributed by atoms with Crippen LogP contribution < -0.4 is 16.0 Å². The second-order valence-electron chi connectivity index (χ2n) is 9.02. The van der Waals surface area contributed by atoms with Crippen molar-refractivity contribution >= 4 is 86.1 Å². The quantitative estimate of drug-likeness (QED) is 0.115. The Balaban J connectivity index is 1.51. The fourth-order valence-corrected chi connectivity index (χ4v) is 5.63. The number of hydrogen-bond donors (Lipinski definition) is 3. The summed E-state index contributed by atoms with van der Waals surface area (Å²) >= 11 is 17.1. The van der Waals surface area contributed by atoms with E-state index in [2.05, 4.69) is 31.9 Å². The Hall–Kier alpha value is -3.56. The van der Waals surface area contributed by atoms with Gasteiger partial charge in [-0.15, -0.1) is 11.8 Å². The molecule has 0 bridgehead atoms. The lowest BCUT2D eigenvalue weighted by Crippen LogP contribution is -2.30. The average Bonchev–Trinajstić information content (AvgIpc) is 2.98. The van der Waals surface area contributed by atoms with Crippen molar-refractivity contribution in [2.24, 2.45) is 0 Å². The topological polar surface area (TPSA) is 87.3 Å². The number of rotatable bonds is 10. The molecule has 0 saturated heterocycles. The molecular formula is C32H26BrCl2N3O3S. The summed E-state index contributed by atoms with van der Waals surface area (Å²) in [6.45, 7) is 1.91. The Kier molecular flexibility index (Phi) is 11.3. The molecule has 0 saturated carbocycles. The minimum Gasteiger partial charge on any atom is -0.324 e. The van der Waals surface area contributed by atoms with Gasteiger partial charge in [-0.1, -0.05) is 88.5 Å². The van der Waals surface area contributed by atoms with E-state index in [4.69, 9.17) is 23.2 Å². The van der Waals surface area contributed by atoms with Gasteiger partial charge in [-0.25, -0.2) is 0 Å².